The molecule has 0 radical (unpaired) electrons. The van der Waals surface area contributed by atoms with Gasteiger partial charge in [-0.3, -0.25) is 4.68 Å². The van der Waals surface area contributed by atoms with E-state index in [1.807, 2.05) is 41.2 Å². The van der Waals surface area contributed by atoms with Crippen LogP contribution in [0.2, 0.25) is 0 Å². The summed E-state index contributed by atoms with van der Waals surface area (Å²) in [6, 6.07) is 14.6. The van der Waals surface area contributed by atoms with Crippen molar-refractivity contribution < 1.29 is 19.4 Å². The third-order valence-electron chi connectivity index (χ3n) is 6.51. The van der Waals surface area contributed by atoms with Gasteiger partial charge in [0.15, 0.2) is 0 Å². The fourth-order valence-electron chi connectivity index (χ4n) is 4.38. The summed E-state index contributed by atoms with van der Waals surface area (Å²) >= 11 is 0. The standard InChI is InChI=1S/C30H37N3O4/c1-4-5-14-36-15-16-37-28-9-6-24(7-10-28)25-8-11-29-27(17-25)18-26(30(34)35)12-13-32(29)20-23-19-31-33(21-23)22(2)3/h6-11,17-19,21-22H,4-5,12-16,20H2,1-3H3,(H,34,35). The maximum Gasteiger partial charge on any atom is 0.331 e. The molecule has 0 fully saturated rings. The Bertz CT molecular complexity index is 1210. The van der Waals surface area contributed by atoms with E-state index in [0.717, 1.165) is 53.1 Å². The molecule has 7 nitrogen and oxygen atoms in total. The second-order valence-electron chi connectivity index (χ2n) is 9.68. The minimum absolute atomic E-state index is 0.295. The lowest BCUT2D eigenvalue weighted by atomic mass is 10.00. The highest BCUT2D eigenvalue weighted by atomic mass is 16.5. The largest absolute Gasteiger partial charge is 0.491 e. The number of benzene rings is 2. The molecule has 37 heavy (non-hydrogen) atoms. The van der Waals surface area contributed by atoms with Gasteiger partial charge in [0.2, 0.25) is 0 Å². The number of hydrogen-bond acceptors (Lipinski definition) is 5. The highest BCUT2D eigenvalue weighted by Crippen LogP contribution is 2.34. The van der Waals surface area contributed by atoms with Crippen LogP contribution in [0.15, 0.2) is 60.4 Å². The smallest absolute Gasteiger partial charge is 0.331 e. The molecule has 1 aromatic heterocycles. The first kappa shape index (κ1) is 26.5. The molecule has 0 unspecified atom stereocenters. The molecule has 0 amide bonds. The maximum absolute atomic E-state index is 11.9. The number of nitrogens with zero attached hydrogens (tertiary/aromatic N) is 3. The van der Waals surface area contributed by atoms with Gasteiger partial charge in [0.25, 0.3) is 0 Å². The summed E-state index contributed by atoms with van der Waals surface area (Å²) in [6.45, 7) is 9.53. The van der Waals surface area contributed by atoms with E-state index in [9.17, 15) is 9.90 Å². The Balaban J connectivity index is 1.51. The van der Waals surface area contributed by atoms with Crippen LogP contribution in [0, 0.1) is 0 Å². The highest BCUT2D eigenvalue weighted by molar-refractivity contribution is 5.94. The first-order valence-corrected chi connectivity index (χ1v) is 13.1. The summed E-state index contributed by atoms with van der Waals surface area (Å²) in [5.41, 5.74) is 5.54. The van der Waals surface area contributed by atoms with Gasteiger partial charge in [0.1, 0.15) is 12.4 Å². The zero-order chi connectivity index (χ0) is 26.2. The minimum atomic E-state index is -0.869. The number of carboxylic acids is 1. The molecule has 7 heteroatoms. The van der Waals surface area contributed by atoms with Crippen LogP contribution in [-0.4, -0.2) is 47.2 Å². The first-order valence-electron chi connectivity index (χ1n) is 13.1. The summed E-state index contributed by atoms with van der Waals surface area (Å²) < 4.78 is 13.3. The van der Waals surface area contributed by atoms with Crippen LogP contribution in [-0.2, 0) is 16.1 Å². The van der Waals surface area contributed by atoms with Crippen molar-refractivity contribution in [2.45, 2.75) is 52.6 Å². The molecule has 0 spiro atoms. The zero-order valence-corrected chi connectivity index (χ0v) is 22.0. The fraction of sp³-hybridized carbons (Fsp3) is 0.400. The normalized spacial score (nSPS) is 13.3. The second kappa shape index (κ2) is 12.6. The summed E-state index contributed by atoms with van der Waals surface area (Å²) in [6.07, 6.45) is 8.45. The molecule has 0 atom stereocenters. The predicted molar refractivity (Wildman–Crippen MR) is 147 cm³/mol. The Morgan fingerprint density at radius 1 is 1.08 bits per heavy atom. The highest BCUT2D eigenvalue weighted by Gasteiger charge is 2.20. The van der Waals surface area contributed by atoms with Gasteiger partial charge in [-0.25, -0.2) is 4.79 Å². The summed E-state index contributed by atoms with van der Waals surface area (Å²) in [5.74, 6) is -0.0650. The second-order valence-corrected chi connectivity index (χ2v) is 9.68. The van der Waals surface area contributed by atoms with Crippen LogP contribution in [0.5, 0.6) is 5.75 Å². The quantitative estimate of drug-likeness (QED) is 0.296. The van der Waals surface area contributed by atoms with Gasteiger partial charge in [-0.1, -0.05) is 31.5 Å². The molecule has 2 heterocycles. The van der Waals surface area contributed by atoms with Crippen LogP contribution in [0.3, 0.4) is 0 Å². The third kappa shape index (κ3) is 7.01. The molecule has 1 aliphatic rings. The lowest BCUT2D eigenvalue weighted by Gasteiger charge is -2.25. The average Bonchev–Trinajstić information content (AvgIpc) is 3.29. The van der Waals surface area contributed by atoms with E-state index < -0.39 is 5.97 Å². The Labute approximate surface area is 219 Å². The lowest BCUT2D eigenvalue weighted by molar-refractivity contribution is -0.132. The first-order chi connectivity index (χ1) is 17.9. The van der Waals surface area contributed by atoms with Gasteiger partial charge < -0.3 is 19.5 Å². The van der Waals surface area contributed by atoms with Crippen molar-refractivity contribution in [2.75, 3.05) is 31.3 Å². The number of fused-ring (bicyclic) bond motifs is 1. The summed E-state index contributed by atoms with van der Waals surface area (Å²) in [7, 11) is 0. The van der Waals surface area contributed by atoms with Crippen LogP contribution in [0.25, 0.3) is 17.2 Å². The molecular weight excluding hydrogens is 466 g/mol. The van der Waals surface area contributed by atoms with E-state index in [1.165, 1.54) is 0 Å². The number of hydrogen-bond donors (Lipinski definition) is 1. The lowest BCUT2D eigenvalue weighted by Crippen LogP contribution is -2.24. The van der Waals surface area contributed by atoms with E-state index in [4.69, 9.17) is 9.47 Å². The van der Waals surface area contributed by atoms with Gasteiger partial charge in [-0.05, 0) is 73.7 Å². The molecule has 0 aliphatic carbocycles. The Morgan fingerprint density at radius 2 is 1.86 bits per heavy atom. The number of carboxylic acid groups (broad SMARTS) is 1. The molecule has 1 N–H and O–H groups in total. The van der Waals surface area contributed by atoms with Crippen LogP contribution in [0.1, 0.15) is 57.2 Å². The predicted octanol–water partition coefficient (Wildman–Crippen LogP) is 6.20. The van der Waals surface area contributed by atoms with Crippen molar-refractivity contribution in [3.8, 4) is 16.9 Å². The number of ether oxygens (including phenoxy) is 2. The average molecular weight is 504 g/mol. The Morgan fingerprint density at radius 3 is 2.57 bits per heavy atom. The van der Waals surface area contributed by atoms with Gasteiger partial charge in [0, 0.05) is 48.8 Å². The Kier molecular flexibility index (Phi) is 9.01. The van der Waals surface area contributed by atoms with E-state index >= 15 is 0 Å². The molecule has 4 rings (SSSR count). The molecule has 3 aromatic rings. The van der Waals surface area contributed by atoms with Crippen LogP contribution >= 0.6 is 0 Å². The fourth-order valence-corrected chi connectivity index (χ4v) is 4.38. The van der Waals surface area contributed by atoms with Gasteiger partial charge in [-0.2, -0.15) is 5.10 Å². The van der Waals surface area contributed by atoms with E-state index in [2.05, 4.69) is 55.2 Å². The number of rotatable bonds is 12. The van der Waals surface area contributed by atoms with Crippen molar-refractivity contribution in [1.29, 1.82) is 0 Å². The molecule has 1 aliphatic heterocycles. The van der Waals surface area contributed by atoms with Crippen LogP contribution < -0.4 is 9.64 Å². The van der Waals surface area contributed by atoms with E-state index in [0.29, 0.717) is 44.3 Å². The SMILES string of the molecule is CCCCOCCOc1ccc(-c2ccc3c(c2)C=C(C(=O)O)CCN3Cc2cnn(C(C)C)c2)cc1. The molecule has 2 aromatic carbocycles. The molecule has 196 valence electrons. The van der Waals surface area contributed by atoms with Crippen molar-refractivity contribution in [3.05, 3.63) is 71.6 Å². The number of carbonyl (C=O) groups is 1. The minimum Gasteiger partial charge on any atom is -0.491 e. The molecule has 0 saturated heterocycles. The van der Waals surface area contributed by atoms with Crippen molar-refractivity contribution in [1.82, 2.24) is 9.78 Å². The zero-order valence-electron chi connectivity index (χ0n) is 22.0. The topological polar surface area (TPSA) is 76.8 Å². The maximum atomic E-state index is 11.9. The molecular formula is C30H37N3O4. The summed E-state index contributed by atoms with van der Waals surface area (Å²) in [4.78, 5) is 14.1. The molecule has 0 saturated carbocycles. The number of anilines is 1. The van der Waals surface area contributed by atoms with Crippen molar-refractivity contribution >= 4 is 17.7 Å². The summed E-state index contributed by atoms with van der Waals surface area (Å²) in [5, 5.41) is 14.2. The number of unbranched alkanes of at least 4 members (excludes halogenated alkanes) is 1. The Hall–Kier alpha value is -3.58. The number of aromatic nitrogens is 2. The monoisotopic (exact) mass is 503 g/mol. The van der Waals surface area contributed by atoms with Gasteiger partial charge in [-0.15, -0.1) is 0 Å². The van der Waals surface area contributed by atoms with Gasteiger partial charge in [0.05, 0.1) is 12.8 Å². The van der Waals surface area contributed by atoms with Crippen LogP contribution in [0.4, 0.5) is 5.69 Å². The van der Waals surface area contributed by atoms with E-state index in [-0.39, 0.29) is 0 Å². The van der Waals surface area contributed by atoms with E-state index in [1.54, 1.807) is 0 Å². The third-order valence-corrected chi connectivity index (χ3v) is 6.51. The van der Waals surface area contributed by atoms with Gasteiger partial charge >= 0.3 is 5.97 Å². The van der Waals surface area contributed by atoms with Crippen molar-refractivity contribution in [3.63, 3.8) is 0 Å². The molecule has 0 bridgehead atoms. The number of aliphatic carboxylic acids is 1. The van der Waals surface area contributed by atoms with Crippen molar-refractivity contribution in [2.24, 2.45) is 0 Å².